The second-order valence-electron chi connectivity index (χ2n) is 8.50. The highest BCUT2D eigenvalue weighted by atomic mass is 19.3. The smallest absolute Gasteiger partial charge is 0.277 e. The van der Waals surface area contributed by atoms with Crippen LogP contribution >= 0.6 is 0 Å². The van der Waals surface area contributed by atoms with Crippen molar-refractivity contribution < 1.29 is 17.9 Å². The second-order valence-corrected chi connectivity index (χ2v) is 8.50. The van der Waals surface area contributed by atoms with E-state index in [4.69, 9.17) is 4.74 Å². The Morgan fingerprint density at radius 2 is 1.91 bits per heavy atom. The van der Waals surface area contributed by atoms with E-state index in [0.717, 1.165) is 6.07 Å². The van der Waals surface area contributed by atoms with E-state index in [2.05, 4.69) is 21.4 Å². The number of alkyl halides is 2. The van der Waals surface area contributed by atoms with Gasteiger partial charge in [0.1, 0.15) is 28.4 Å². The lowest BCUT2D eigenvalue weighted by Crippen LogP contribution is -2.38. The fourth-order valence-electron chi connectivity index (χ4n) is 4.45. The number of anilines is 1. The number of nitriles is 1. The third-order valence-corrected chi connectivity index (χ3v) is 6.37. The summed E-state index contributed by atoms with van der Waals surface area (Å²) in [7, 11) is 1.60. The number of aryl methyl sites for hydroxylation is 1. The lowest BCUT2D eigenvalue weighted by atomic mass is 9.78. The van der Waals surface area contributed by atoms with Gasteiger partial charge in [-0.25, -0.2) is 23.1 Å². The quantitative estimate of drug-likeness (QED) is 0.591. The molecule has 0 unspecified atom stereocenters. The maximum atomic E-state index is 14.7. The highest BCUT2D eigenvalue weighted by Gasteiger charge is 2.37. The molecule has 178 valence electrons. The first-order valence-corrected chi connectivity index (χ1v) is 10.9. The third-order valence-electron chi connectivity index (χ3n) is 6.37. The Hall–Kier alpha value is -3.45. The number of hydrogen-bond donors (Lipinski definition) is 1. The fraction of sp³-hybridized carbons (Fsp3) is 0.417. The summed E-state index contributed by atoms with van der Waals surface area (Å²) in [5.41, 5.74) is -1.27. The van der Waals surface area contributed by atoms with E-state index in [0.29, 0.717) is 43.0 Å². The van der Waals surface area contributed by atoms with Gasteiger partial charge in [0.25, 0.3) is 12.0 Å². The number of ether oxygens (including phenoxy) is 1. The van der Waals surface area contributed by atoms with Crippen LogP contribution in [0.15, 0.2) is 29.1 Å². The Morgan fingerprint density at radius 1 is 1.24 bits per heavy atom. The summed E-state index contributed by atoms with van der Waals surface area (Å²) in [5.74, 6) is -0.416. The number of fused-ring (bicyclic) bond motifs is 1. The zero-order chi connectivity index (χ0) is 24.6. The number of nitrogens with zero attached hydrogens (tertiary/aromatic N) is 4. The molecule has 1 aliphatic rings. The lowest BCUT2D eigenvalue weighted by molar-refractivity contribution is 0.0654. The van der Waals surface area contributed by atoms with Crippen LogP contribution in [-0.2, 0) is 17.2 Å². The SMILES string of the molecule is Cc1nc(N[C@H](C)c2cccc(C(F)F)c2F)c2cc(C3(C#N)CCOCC3)n(C)c(=O)c2n1. The van der Waals surface area contributed by atoms with Crippen molar-refractivity contribution in [2.24, 2.45) is 7.05 Å². The molecule has 0 amide bonds. The molecule has 1 N–H and O–H groups in total. The van der Waals surface area contributed by atoms with Crippen LogP contribution in [0.25, 0.3) is 10.9 Å². The number of rotatable bonds is 5. The van der Waals surface area contributed by atoms with Crippen LogP contribution in [0.2, 0.25) is 0 Å². The number of pyridine rings is 1. The largest absolute Gasteiger partial charge is 0.381 e. The van der Waals surface area contributed by atoms with Gasteiger partial charge in [-0.2, -0.15) is 5.26 Å². The summed E-state index contributed by atoms with van der Waals surface area (Å²) in [6.07, 6.45) is -2.08. The van der Waals surface area contributed by atoms with Gasteiger partial charge < -0.3 is 14.6 Å². The third kappa shape index (κ3) is 4.01. The Bertz CT molecular complexity index is 1340. The molecule has 0 saturated carbocycles. The lowest BCUT2D eigenvalue weighted by Gasteiger charge is -2.32. The molecule has 0 spiro atoms. The number of halogens is 3. The van der Waals surface area contributed by atoms with Crippen molar-refractivity contribution in [2.75, 3.05) is 18.5 Å². The van der Waals surface area contributed by atoms with Crippen LogP contribution in [0, 0.1) is 24.1 Å². The second kappa shape index (κ2) is 9.06. The summed E-state index contributed by atoms with van der Waals surface area (Å²) in [6, 6.07) is 7.18. The predicted octanol–water partition coefficient (Wildman–Crippen LogP) is 4.46. The molecule has 1 fully saturated rings. The number of benzene rings is 1. The van der Waals surface area contributed by atoms with Gasteiger partial charge in [0.2, 0.25) is 0 Å². The summed E-state index contributed by atoms with van der Waals surface area (Å²) in [4.78, 5) is 22.0. The van der Waals surface area contributed by atoms with Crippen molar-refractivity contribution in [3.63, 3.8) is 0 Å². The van der Waals surface area contributed by atoms with E-state index in [-0.39, 0.29) is 22.5 Å². The van der Waals surface area contributed by atoms with Gasteiger partial charge in [-0.1, -0.05) is 18.2 Å². The molecule has 10 heteroatoms. The average Bonchev–Trinajstić information content (AvgIpc) is 2.82. The Kier molecular flexibility index (Phi) is 6.32. The average molecular weight is 471 g/mol. The summed E-state index contributed by atoms with van der Waals surface area (Å²) < 4.78 is 47.9. The summed E-state index contributed by atoms with van der Waals surface area (Å²) >= 11 is 0. The molecule has 7 nitrogen and oxygen atoms in total. The Balaban J connectivity index is 1.86. The highest BCUT2D eigenvalue weighted by molar-refractivity contribution is 5.89. The predicted molar refractivity (Wildman–Crippen MR) is 120 cm³/mol. The first kappa shape index (κ1) is 23.7. The monoisotopic (exact) mass is 471 g/mol. The summed E-state index contributed by atoms with van der Waals surface area (Å²) in [6.45, 7) is 4.03. The van der Waals surface area contributed by atoms with E-state index in [9.17, 15) is 23.2 Å². The zero-order valence-electron chi connectivity index (χ0n) is 19.0. The van der Waals surface area contributed by atoms with Crippen LogP contribution in [0.1, 0.15) is 54.9 Å². The Labute approximate surface area is 194 Å². The molecule has 0 aliphatic carbocycles. The maximum absolute atomic E-state index is 14.7. The minimum atomic E-state index is -2.94. The van der Waals surface area contributed by atoms with E-state index in [1.54, 1.807) is 27.0 Å². The van der Waals surface area contributed by atoms with Crippen molar-refractivity contribution in [1.29, 1.82) is 5.26 Å². The molecule has 0 radical (unpaired) electrons. The van der Waals surface area contributed by atoms with Gasteiger partial charge in [0, 0.05) is 31.5 Å². The molecule has 0 bridgehead atoms. The number of aromatic nitrogens is 3. The standard InChI is InChI=1S/C24H24F3N5O2/c1-13(15-5-4-6-16(19(15)25)21(26)27)29-22-17-11-18(24(12-28)7-9-34-10-8-24)32(3)23(33)20(17)30-14(2)31-22/h4-6,11,13,21H,7-10H2,1-3H3,(H,29,30,31)/t13-/m1/s1. The molecule has 1 aromatic carbocycles. The van der Waals surface area contributed by atoms with Gasteiger partial charge in [-0.15, -0.1) is 0 Å². The maximum Gasteiger partial charge on any atom is 0.277 e. The minimum absolute atomic E-state index is 0.0456. The van der Waals surface area contributed by atoms with Gasteiger partial charge in [-0.05, 0) is 32.8 Å². The molecule has 1 atom stereocenters. The highest BCUT2D eigenvalue weighted by Crippen LogP contribution is 2.36. The number of hydrogen-bond acceptors (Lipinski definition) is 6. The van der Waals surface area contributed by atoms with E-state index in [1.165, 1.54) is 16.7 Å². The topological polar surface area (TPSA) is 92.8 Å². The van der Waals surface area contributed by atoms with Crippen molar-refractivity contribution in [2.45, 2.75) is 44.6 Å². The van der Waals surface area contributed by atoms with Gasteiger partial charge in [-0.3, -0.25) is 4.79 Å². The van der Waals surface area contributed by atoms with Gasteiger partial charge in [0.05, 0.1) is 23.1 Å². The number of nitrogens with one attached hydrogen (secondary N) is 1. The van der Waals surface area contributed by atoms with E-state index in [1.807, 2.05) is 0 Å². The van der Waals surface area contributed by atoms with Crippen molar-refractivity contribution in [1.82, 2.24) is 14.5 Å². The van der Waals surface area contributed by atoms with Gasteiger partial charge >= 0.3 is 0 Å². The molecule has 2 aromatic heterocycles. The first-order chi connectivity index (χ1) is 16.2. The molecular weight excluding hydrogens is 447 g/mol. The molecule has 3 heterocycles. The van der Waals surface area contributed by atoms with Crippen molar-refractivity contribution in [3.8, 4) is 6.07 Å². The summed E-state index contributed by atoms with van der Waals surface area (Å²) in [5, 5.41) is 13.5. The minimum Gasteiger partial charge on any atom is -0.381 e. The molecule has 4 rings (SSSR count). The van der Waals surface area contributed by atoms with Crippen LogP contribution in [0.3, 0.4) is 0 Å². The van der Waals surface area contributed by atoms with Gasteiger partial charge in [0.15, 0.2) is 0 Å². The zero-order valence-corrected chi connectivity index (χ0v) is 19.0. The molecule has 3 aromatic rings. The van der Waals surface area contributed by atoms with Crippen molar-refractivity contribution in [3.05, 3.63) is 63.1 Å². The van der Waals surface area contributed by atoms with Crippen LogP contribution < -0.4 is 10.9 Å². The molecular formula is C24H24F3N5O2. The van der Waals surface area contributed by atoms with Crippen LogP contribution in [-0.4, -0.2) is 27.7 Å². The molecule has 1 saturated heterocycles. The van der Waals surface area contributed by atoms with Crippen LogP contribution in [0.5, 0.6) is 0 Å². The van der Waals surface area contributed by atoms with Crippen molar-refractivity contribution >= 4 is 16.7 Å². The van der Waals surface area contributed by atoms with E-state index < -0.39 is 29.3 Å². The van der Waals surface area contributed by atoms with Crippen LogP contribution in [0.4, 0.5) is 19.0 Å². The molecule has 1 aliphatic heterocycles. The first-order valence-electron chi connectivity index (χ1n) is 10.9. The van der Waals surface area contributed by atoms with E-state index >= 15 is 0 Å². The Morgan fingerprint density at radius 3 is 2.56 bits per heavy atom. The molecule has 34 heavy (non-hydrogen) atoms. The normalized spacial score (nSPS) is 16.4. The fourth-order valence-corrected chi connectivity index (χ4v) is 4.45.